The molecule has 0 aliphatic carbocycles. The fourth-order valence-electron chi connectivity index (χ4n) is 2.56. The van der Waals surface area contributed by atoms with E-state index in [4.69, 9.17) is 27.9 Å². The number of rotatable bonds is 8. The Labute approximate surface area is 162 Å². The van der Waals surface area contributed by atoms with E-state index in [9.17, 15) is 9.59 Å². The van der Waals surface area contributed by atoms with Crippen LogP contribution in [0.4, 0.5) is 0 Å². The van der Waals surface area contributed by atoms with E-state index in [0.717, 1.165) is 25.2 Å². The lowest BCUT2D eigenvalue weighted by Gasteiger charge is -2.20. The Morgan fingerprint density at radius 1 is 1.40 bits per heavy atom. The van der Waals surface area contributed by atoms with E-state index in [-0.39, 0.29) is 22.9 Å². The first-order valence-electron chi connectivity index (χ1n) is 8.15. The Balaban J connectivity index is 1.97. The van der Waals surface area contributed by atoms with Crippen LogP contribution in [0.1, 0.15) is 29.6 Å². The second-order valence-corrected chi connectivity index (χ2v) is 7.64. The number of ether oxygens (including phenoxy) is 1. The molecule has 138 valence electrons. The van der Waals surface area contributed by atoms with Gasteiger partial charge in [0, 0.05) is 18.2 Å². The fourth-order valence-corrected chi connectivity index (χ4v) is 3.52. The number of halogens is 2. The molecule has 2 amide bonds. The van der Waals surface area contributed by atoms with Crippen molar-refractivity contribution in [3.05, 3.63) is 33.8 Å². The van der Waals surface area contributed by atoms with Crippen molar-refractivity contribution < 1.29 is 14.3 Å². The van der Waals surface area contributed by atoms with Crippen LogP contribution in [0.25, 0.3) is 0 Å². The van der Waals surface area contributed by atoms with Gasteiger partial charge in [0.05, 0.1) is 16.7 Å². The van der Waals surface area contributed by atoms with Crippen molar-refractivity contribution in [3.8, 4) is 0 Å². The van der Waals surface area contributed by atoms with Crippen LogP contribution in [-0.4, -0.2) is 49.1 Å². The molecule has 2 atom stereocenters. The Bertz CT molecular complexity index is 610. The van der Waals surface area contributed by atoms with Gasteiger partial charge in [-0.15, -0.1) is 0 Å². The monoisotopic (exact) mass is 404 g/mol. The summed E-state index contributed by atoms with van der Waals surface area (Å²) in [6.45, 7) is 1.20. The van der Waals surface area contributed by atoms with Gasteiger partial charge in [-0.3, -0.25) is 9.59 Å². The lowest BCUT2D eigenvalue weighted by molar-refractivity contribution is -0.123. The predicted molar refractivity (Wildman–Crippen MR) is 103 cm³/mol. The van der Waals surface area contributed by atoms with Crippen molar-refractivity contribution in [2.45, 2.75) is 31.4 Å². The molecule has 5 nitrogen and oxygen atoms in total. The van der Waals surface area contributed by atoms with Crippen LogP contribution in [0.2, 0.25) is 10.0 Å². The van der Waals surface area contributed by atoms with E-state index in [2.05, 4.69) is 10.6 Å². The van der Waals surface area contributed by atoms with Gasteiger partial charge in [0.15, 0.2) is 0 Å². The van der Waals surface area contributed by atoms with Crippen molar-refractivity contribution >= 4 is 46.8 Å². The predicted octanol–water partition coefficient (Wildman–Crippen LogP) is 3.14. The van der Waals surface area contributed by atoms with Gasteiger partial charge in [-0.2, -0.15) is 11.8 Å². The van der Waals surface area contributed by atoms with Gasteiger partial charge in [0.1, 0.15) is 6.04 Å². The molecule has 1 heterocycles. The van der Waals surface area contributed by atoms with Gasteiger partial charge >= 0.3 is 0 Å². The van der Waals surface area contributed by atoms with Gasteiger partial charge in [0.2, 0.25) is 5.91 Å². The van der Waals surface area contributed by atoms with E-state index < -0.39 is 6.04 Å². The van der Waals surface area contributed by atoms with E-state index in [0.29, 0.717) is 23.6 Å². The number of thioether (sulfide) groups is 1. The molecule has 8 heteroatoms. The van der Waals surface area contributed by atoms with Gasteiger partial charge in [-0.25, -0.2) is 0 Å². The number of hydrogen-bond acceptors (Lipinski definition) is 4. The Morgan fingerprint density at radius 2 is 2.20 bits per heavy atom. The smallest absolute Gasteiger partial charge is 0.253 e. The lowest BCUT2D eigenvalue weighted by atomic mass is 10.1. The van der Waals surface area contributed by atoms with E-state index >= 15 is 0 Å². The second-order valence-electron chi connectivity index (χ2n) is 5.81. The number of hydrogen-bond donors (Lipinski definition) is 2. The molecule has 2 unspecified atom stereocenters. The molecule has 2 rings (SSSR count). The molecule has 25 heavy (non-hydrogen) atoms. The summed E-state index contributed by atoms with van der Waals surface area (Å²) in [6, 6.07) is 4.03. The van der Waals surface area contributed by atoms with Crippen LogP contribution < -0.4 is 10.6 Å². The molecule has 0 saturated carbocycles. The number of carbonyl (C=O) groups is 2. The summed E-state index contributed by atoms with van der Waals surface area (Å²) < 4.78 is 5.51. The van der Waals surface area contributed by atoms with E-state index in [1.807, 2.05) is 6.26 Å². The highest BCUT2D eigenvalue weighted by molar-refractivity contribution is 7.98. The highest BCUT2D eigenvalue weighted by Crippen LogP contribution is 2.21. The van der Waals surface area contributed by atoms with Crippen molar-refractivity contribution in [1.29, 1.82) is 0 Å². The molecular weight excluding hydrogens is 383 g/mol. The third-order valence-corrected chi connectivity index (χ3v) is 5.13. The Kier molecular flexibility index (Phi) is 8.36. The van der Waals surface area contributed by atoms with Gasteiger partial charge in [0.25, 0.3) is 5.91 Å². The molecule has 0 aromatic heterocycles. The number of carbonyl (C=O) groups excluding carboxylic acids is 2. The molecule has 1 aromatic rings. The quantitative estimate of drug-likeness (QED) is 0.698. The molecular formula is C17H22Cl2N2O3S. The summed E-state index contributed by atoms with van der Waals surface area (Å²) in [7, 11) is 0. The number of nitrogens with one attached hydrogen (secondary N) is 2. The lowest BCUT2D eigenvalue weighted by Crippen LogP contribution is -2.48. The van der Waals surface area contributed by atoms with Crippen molar-refractivity contribution in [2.24, 2.45) is 0 Å². The van der Waals surface area contributed by atoms with Crippen LogP contribution in [-0.2, 0) is 9.53 Å². The average molecular weight is 405 g/mol. The Hall–Kier alpha value is -0.950. The standard InChI is InChI=1S/C17H22Cl2N2O3S/c1-25-8-6-15(17(23)20-10-12-3-2-7-24-12)21-16(22)13-5-4-11(18)9-14(13)19/h4-5,9,12,15H,2-3,6-8,10H2,1H3,(H,20,23)(H,21,22). The summed E-state index contributed by atoms with van der Waals surface area (Å²) in [5.74, 6) is 0.162. The summed E-state index contributed by atoms with van der Waals surface area (Å²) in [4.78, 5) is 24.9. The topological polar surface area (TPSA) is 67.4 Å². The molecule has 1 aliphatic rings. The van der Waals surface area contributed by atoms with Crippen molar-refractivity contribution in [1.82, 2.24) is 10.6 Å². The van der Waals surface area contributed by atoms with Crippen LogP contribution in [0.15, 0.2) is 18.2 Å². The summed E-state index contributed by atoms with van der Waals surface area (Å²) in [5, 5.41) is 6.35. The minimum Gasteiger partial charge on any atom is -0.376 e. The summed E-state index contributed by atoms with van der Waals surface area (Å²) in [6.07, 6.45) is 4.52. The van der Waals surface area contributed by atoms with Crippen LogP contribution >= 0.6 is 35.0 Å². The SMILES string of the molecule is CSCCC(NC(=O)c1ccc(Cl)cc1Cl)C(=O)NCC1CCCO1. The van der Waals surface area contributed by atoms with Crippen molar-refractivity contribution in [2.75, 3.05) is 25.2 Å². The molecule has 0 bridgehead atoms. The maximum absolute atomic E-state index is 12.5. The van der Waals surface area contributed by atoms with Gasteiger partial charge in [-0.05, 0) is 49.5 Å². The molecule has 0 radical (unpaired) electrons. The van der Waals surface area contributed by atoms with Crippen molar-refractivity contribution in [3.63, 3.8) is 0 Å². The van der Waals surface area contributed by atoms with Crippen LogP contribution in [0.5, 0.6) is 0 Å². The van der Waals surface area contributed by atoms with Gasteiger partial charge < -0.3 is 15.4 Å². The summed E-state index contributed by atoms with van der Waals surface area (Å²) >= 11 is 13.5. The van der Waals surface area contributed by atoms with E-state index in [1.165, 1.54) is 6.07 Å². The summed E-state index contributed by atoms with van der Waals surface area (Å²) in [5.41, 5.74) is 0.298. The second kappa shape index (κ2) is 10.3. The molecule has 1 aromatic carbocycles. The first-order chi connectivity index (χ1) is 12.0. The fraction of sp³-hybridized carbons (Fsp3) is 0.529. The molecule has 1 fully saturated rings. The van der Waals surface area contributed by atoms with Crippen LogP contribution in [0, 0.1) is 0 Å². The van der Waals surface area contributed by atoms with E-state index in [1.54, 1.807) is 23.9 Å². The number of benzene rings is 1. The van der Waals surface area contributed by atoms with Crippen LogP contribution in [0.3, 0.4) is 0 Å². The minimum atomic E-state index is -0.618. The third-order valence-electron chi connectivity index (χ3n) is 3.94. The minimum absolute atomic E-state index is 0.0616. The zero-order valence-corrected chi connectivity index (χ0v) is 16.3. The Morgan fingerprint density at radius 3 is 2.84 bits per heavy atom. The first kappa shape index (κ1) is 20.4. The third kappa shape index (κ3) is 6.37. The largest absolute Gasteiger partial charge is 0.376 e. The van der Waals surface area contributed by atoms with Gasteiger partial charge in [-0.1, -0.05) is 23.2 Å². The number of amides is 2. The normalized spacial score (nSPS) is 18.0. The molecule has 2 N–H and O–H groups in total. The highest BCUT2D eigenvalue weighted by atomic mass is 35.5. The average Bonchev–Trinajstić information content (AvgIpc) is 3.09. The first-order valence-corrected chi connectivity index (χ1v) is 10.3. The molecule has 0 spiro atoms. The zero-order valence-electron chi connectivity index (χ0n) is 14.0. The molecule has 1 saturated heterocycles. The highest BCUT2D eigenvalue weighted by Gasteiger charge is 2.24. The maximum atomic E-state index is 12.5. The maximum Gasteiger partial charge on any atom is 0.253 e. The molecule has 1 aliphatic heterocycles. The zero-order chi connectivity index (χ0) is 18.2.